The van der Waals surface area contributed by atoms with E-state index in [1.54, 1.807) is 24.4 Å². The average Bonchev–Trinajstić information content (AvgIpc) is 3.57. The maximum Gasteiger partial charge on any atom is 0.265 e. The highest BCUT2D eigenvalue weighted by molar-refractivity contribution is 7.19. The first-order valence-electron chi connectivity index (χ1n) is 10.2. The molecular weight excluding hydrogens is 466 g/mol. The highest BCUT2D eigenvalue weighted by Gasteiger charge is 2.47. The van der Waals surface area contributed by atoms with Crippen LogP contribution in [0.1, 0.15) is 35.4 Å². The Morgan fingerprint density at radius 1 is 1.24 bits per heavy atom. The van der Waals surface area contributed by atoms with Crippen LogP contribution >= 0.6 is 22.7 Å². The molecule has 1 saturated heterocycles. The number of hydrogen-bond donors (Lipinski definition) is 3. The fourth-order valence-electron chi connectivity index (χ4n) is 3.60. The first-order valence-corrected chi connectivity index (χ1v) is 11.9. The minimum atomic E-state index is -1.14. The molecule has 10 nitrogen and oxygen atoms in total. The van der Waals surface area contributed by atoms with Crippen LogP contribution in [0.15, 0.2) is 41.8 Å². The molecule has 3 N–H and O–H groups in total. The summed E-state index contributed by atoms with van der Waals surface area (Å²) >= 11 is 2.73. The molecule has 0 bridgehead atoms. The number of anilines is 1. The third-order valence-corrected chi connectivity index (χ3v) is 6.92. The Labute approximate surface area is 196 Å². The molecule has 1 amide bonds. The van der Waals surface area contributed by atoms with E-state index in [9.17, 15) is 15.0 Å². The first kappa shape index (κ1) is 22.1. The van der Waals surface area contributed by atoms with Crippen molar-refractivity contribution >= 4 is 39.2 Å². The van der Waals surface area contributed by atoms with Crippen LogP contribution in [0.5, 0.6) is 0 Å². The summed E-state index contributed by atoms with van der Waals surface area (Å²) in [4.78, 5) is 13.4. The molecule has 0 spiro atoms. The van der Waals surface area contributed by atoms with Gasteiger partial charge in [-0.25, -0.2) is 0 Å². The zero-order valence-electron chi connectivity index (χ0n) is 17.7. The number of thiophene rings is 1. The van der Waals surface area contributed by atoms with Crippen LogP contribution in [0.2, 0.25) is 0 Å². The first-order chi connectivity index (χ1) is 15.8. The van der Waals surface area contributed by atoms with Crippen molar-refractivity contribution < 1.29 is 24.5 Å². The van der Waals surface area contributed by atoms with Crippen molar-refractivity contribution in [2.24, 2.45) is 0 Å². The zero-order valence-corrected chi connectivity index (χ0v) is 19.3. The maximum atomic E-state index is 12.2. The number of aliphatic hydroxyl groups excluding tert-OH is 2. The molecule has 3 atom stereocenters. The van der Waals surface area contributed by atoms with Gasteiger partial charge in [0.15, 0.2) is 17.7 Å². The minimum Gasteiger partial charge on any atom is -0.394 e. The Morgan fingerprint density at radius 2 is 2.03 bits per heavy atom. The minimum absolute atomic E-state index is 0.150. The molecule has 1 fully saturated rings. The number of aromatic nitrogens is 4. The van der Waals surface area contributed by atoms with E-state index in [2.05, 4.69) is 20.6 Å². The van der Waals surface area contributed by atoms with Crippen molar-refractivity contribution in [2.75, 3.05) is 11.9 Å². The quantitative estimate of drug-likeness (QED) is 0.378. The van der Waals surface area contributed by atoms with Gasteiger partial charge in [-0.3, -0.25) is 4.79 Å². The van der Waals surface area contributed by atoms with Crippen LogP contribution in [0.25, 0.3) is 15.5 Å². The Morgan fingerprint density at radius 3 is 2.73 bits per heavy atom. The number of benzene rings is 1. The highest BCUT2D eigenvalue weighted by atomic mass is 32.1. The van der Waals surface area contributed by atoms with Gasteiger partial charge in [0.2, 0.25) is 4.96 Å². The molecule has 12 heteroatoms. The molecule has 0 aliphatic carbocycles. The molecule has 33 heavy (non-hydrogen) atoms. The van der Waals surface area contributed by atoms with Crippen LogP contribution in [-0.2, 0) is 9.47 Å². The molecule has 0 unspecified atom stereocenters. The average molecular weight is 488 g/mol. The summed E-state index contributed by atoms with van der Waals surface area (Å²) in [5, 5.41) is 38.1. The molecule has 1 aromatic carbocycles. The monoisotopic (exact) mass is 487 g/mol. The van der Waals surface area contributed by atoms with Gasteiger partial charge < -0.3 is 25.0 Å². The molecule has 3 aromatic heterocycles. The van der Waals surface area contributed by atoms with Crippen LogP contribution < -0.4 is 5.32 Å². The van der Waals surface area contributed by atoms with Gasteiger partial charge >= 0.3 is 0 Å². The van der Waals surface area contributed by atoms with E-state index in [0.717, 1.165) is 5.56 Å². The summed E-state index contributed by atoms with van der Waals surface area (Å²) in [5.41, 5.74) is 1.53. The van der Waals surface area contributed by atoms with Gasteiger partial charge in [0.1, 0.15) is 17.2 Å². The lowest BCUT2D eigenvalue weighted by Gasteiger charge is -2.19. The molecular formula is C21H21N5O5S2. The van der Waals surface area contributed by atoms with E-state index in [4.69, 9.17) is 9.47 Å². The summed E-state index contributed by atoms with van der Waals surface area (Å²) in [6.45, 7) is 2.99. The van der Waals surface area contributed by atoms with Crippen LogP contribution in [0.4, 0.5) is 5.69 Å². The number of carbonyl (C=O) groups excluding carboxylic acids is 1. The molecule has 5 rings (SSSR count). The van der Waals surface area contributed by atoms with Crippen molar-refractivity contribution in [1.29, 1.82) is 0 Å². The predicted molar refractivity (Wildman–Crippen MR) is 122 cm³/mol. The summed E-state index contributed by atoms with van der Waals surface area (Å²) < 4.78 is 13.3. The summed E-state index contributed by atoms with van der Waals surface area (Å²) in [6, 6.07) is 11.0. The van der Waals surface area contributed by atoms with E-state index in [-0.39, 0.29) is 5.91 Å². The van der Waals surface area contributed by atoms with E-state index in [1.807, 2.05) is 35.7 Å². The number of fused-ring (bicyclic) bond motifs is 1. The zero-order chi connectivity index (χ0) is 23.2. The third-order valence-electron chi connectivity index (χ3n) is 5.10. The molecule has 0 radical (unpaired) electrons. The summed E-state index contributed by atoms with van der Waals surface area (Å²) in [7, 11) is 0. The van der Waals surface area contributed by atoms with Crippen molar-refractivity contribution in [3.8, 4) is 10.6 Å². The number of nitrogens with one attached hydrogen (secondary N) is 1. The number of aliphatic hydroxyl groups is 2. The van der Waals surface area contributed by atoms with E-state index in [0.29, 0.717) is 26.4 Å². The Bertz CT molecular complexity index is 1270. The Hall–Kier alpha value is -2.74. The van der Waals surface area contributed by atoms with Crippen molar-refractivity contribution in [3.05, 3.63) is 52.5 Å². The van der Waals surface area contributed by atoms with E-state index >= 15 is 0 Å². The number of nitrogens with zero attached hydrogens (tertiary/aromatic N) is 4. The molecule has 4 heterocycles. The maximum absolute atomic E-state index is 12.2. The highest BCUT2D eigenvalue weighted by Crippen LogP contribution is 2.39. The number of rotatable bonds is 6. The second-order valence-corrected chi connectivity index (χ2v) is 9.84. The van der Waals surface area contributed by atoms with Gasteiger partial charge in [0, 0.05) is 11.3 Å². The van der Waals surface area contributed by atoms with Crippen LogP contribution in [0.3, 0.4) is 0 Å². The smallest absolute Gasteiger partial charge is 0.265 e. The Kier molecular flexibility index (Phi) is 5.72. The lowest BCUT2D eigenvalue weighted by molar-refractivity contribution is -0.158. The van der Waals surface area contributed by atoms with Gasteiger partial charge in [-0.1, -0.05) is 17.4 Å². The van der Waals surface area contributed by atoms with Gasteiger partial charge in [-0.15, -0.1) is 21.5 Å². The molecule has 4 aromatic rings. The SMILES string of the molecule is CC1(C)O[C@H]([C@H](O)CO)[C@@H](c2nnc3sc(-c4ccc(NC(=O)c5cccs5)cc4)nn23)O1. The fourth-order valence-corrected chi connectivity index (χ4v) is 5.07. The van der Waals surface area contributed by atoms with Crippen molar-refractivity contribution in [1.82, 2.24) is 19.8 Å². The second-order valence-electron chi connectivity index (χ2n) is 7.94. The molecule has 1 aliphatic rings. The topological polar surface area (TPSA) is 131 Å². The predicted octanol–water partition coefficient (Wildman–Crippen LogP) is 2.71. The third kappa shape index (κ3) is 4.28. The van der Waals surface area contributed by atoms with Crippen LogP contribution in [0, 0.1) is 0 Å². The Balaban J connectivity index is 1.39. The van der Waals surface area contributed by atoms with Crippen molar-refractivity contribution in [3.63, 3.8) is 0 Å². The fraction of sp³-hybridized carbons (Fsp3) is 0.333. The second kappa shape index (κ2) is 8.56. The van der Waals surface area contributed by atoms with Gasteiger partial charge in [-0.2, -0.15) is 9.61 Å². The lowest BCUT2D eigenvalue weighted by atomic mass is 10.1. The number of carbonyl (C=O) groups is 1. The number of ether oxygens (including phenoxy) is 2. The van der Waals surface area contributed by atoms with Gasteiger partial charge in [-0.05, 0) is 49.6 Å². The number of hydrogen-bond acceptors (Lipinski definition) is 10. The molecule has 0 saturated carbocycles. The van der Waals surface area contributed by atoms with Gasteiger partial charge in [0.05, 0.1) is 11.5 Å². The standard InChI is InChI=1S/C21H21N5O5S2/c1-21(2)30-15(13(28)10-27)16(31-21)17-23-24-20-26(17)25-19(33-20)11-5-7-12(8-6-11)22-18(29)14-4-3-9-32-14/h3-9,13,15-16,27-28H,10H2,1-2H3,(H,22,29)/t13-,15-,16+/m1/s1. The molecule has 1 aliphatic heterocycles. The summed E-state index contributed by atoms with van der Waals surface area (Å²) in [6.07, 6.45) is -2.70. The largest absolute Gasteiger partial charge is 0.394 e. The lowest BCUT2D eigenvalue weighted by Crippen LogP contribution is -2.35. The molecule has 172 valence electrons. The summed E-state index contributed by atoms with van der Waals surface area (Å²) in [5.74, 6) is -0.725. The normalized spacial score (nSPS) is 20.8. The van der Waals surface area contributed by atoms with Crippen molar-refractivity contribution in [2.45, 2.75) is 37.9 Å². The van der Waals surface area contributed by atoms with E-state index < -0.39 is 30.7 Å². The van der Waals surface area contributed by atoms with Crippen LogP contribution in [-0.4, -0.2) is 60.5 Å². The van der Waals surface area contributed by atoms with Gasteiger partial charge in [0.25, 0.3) is 5.91 Å². The number of amides is 1. The van der Waals surface area contributed by atoms with E-state index in [1.165, 1.54) is 22.7 Å².